The van der Waals surface area contributed by atoms with Gasteiger partial charge in [-0.3, -0.25) is 4.90 Å². The summed E-state index contributed by atoms with van der Waals surface area (Å²) in [5, 5.41) is 2.97. The van der Waals surface area contributed by atoms with Crippen LogP contribution in [0.25, 0.3) is 0 Å². The van der Waals surface area contributed by atoms with Crippen molar-refractivity contribution in [2.75, 3.05) is 19.6 Å². The van der Waals surface area contributed by atoms with Crippen LogP contribution < -0.4 is 5.32 Å². The largest absolute Gasteiger partial charge is 0.307 e. The second-order valence-corrected chi connectivity index (χ2v) is 5.20. The highest BCUT2D eigenvalue weighted by atomic mass is 19.3. The molecule has 4 heteroatoms. The average molecular weight is 268 g/mol. The normalized spacial score (nSPS) is 19.8. The van der Waals surface area contributed by atoms with Crippen LogP contribution in [0, 0.1) is 0 Å². The number of benzene rings is 1. The summed E-state index contributed by atoms with van der Waals surface area (Å²) in [7, 11) is 0. The highest BCUT2D eigenvalue weighted by Gasteiger charge is 2.24. The highest BCUT2D eigenvalue weighted by molar-refractivity contribution is 5.19. The maximum Gasteiger partial charge on any atom is 0.253 e. The Morgan fingerprint density at radius 2 is 1.79 bits per heavy atom. The Labute approximate surface area is 113 Å². The lowest BCUT2D eigenvalue weighted by molar-refractivity contribution is 0.100. The Morgan fingerprint density at radius 3 is 2.37 bits per heavy atom. The number of alkyl halides is 2. The molecule has 1 aromatic carbocycles. The molecule has 0 radical (unpaired) electrons. The van der Waals surface area contributed by atoms with Crippen LogP contribution >= 0.6 is 0 Å². The third-order valence-electron chi connectivity index (χ3n) is 3.78. The fourth-order valence-corrected chi connectivity index (χ4v) is 2.57. The van der Waals surface area contributed by atoms with Crippen molar-refractivity contribution in [2.24, 2.45) is 0 Å². The Hall–Kier alpha value is -1.00. The number of hydrogen-bond acceptors (Lipinski definition) is 2. The van der Waals surface area contributed by atoms with E-state index in [2.05, 4.69) is 22.3 Å². The standard InChI is InChI=1S/C15H22F2N2/c1-12(15(16)17)18-11-14(19-9-5-6-10-19)13-7-3-2-4-8-13/h2-4,7-8,12,14-15,18H,5-6,9-11H2,1H3. The quantitative estimate of drug-likeness (QED) is 0.853. The van der Waals surface area contributed by atoms with Crippen molar-refractivity contribution < 1.29 is 8.78 Å². The van der Waals surface area contributed by atoms with Crippen molar-refractivity contribution in [2.45, 2.75) is 38.3 Å². The van der Waals surface area contributed by atoms with Crippen LogP contribution in [0.15, 0.2) is 30.3 Å². The molecule has 1 saturated heterocycles. The monoisotopic (exact) mass is 268 g/mol. The van der Waals surface area contributed by atoms with Gasteiger partial charge >= 0.3 is 0 Å². The van der Waals surface area contributed by atoms with E-state index in [0.717, 1.165) is 13.1 Å². The molecular formula is C15H22F2N2. The van der Waals surface area contributed by atoms with E-state index < -0.39 is 12.5 Å². The number of rotatable bonds is 6. The van der Waals surface area contributed by atoms with Gasteiger partial charge in [0.1, 0.15) is 0 Å². The summed E-state index contributed by atoms with van der Waals surface area (Å²) >= 11 is 0. The highest BCUT2D eigenvalue weighted by Crippen LogP contribution is 2.24. The number of halogens is 2. The van der Waals surface area contributed by atoms with Gasteiger partial charge < -0.3 is 5.32 Å². The first-order valence-corrected chi connectivity index (χ1v) is 6.99. The van der Waals surface area contributed by atoms with Crippen molar-refractivity contribution >= 4 is 0 Å². The second-order valence-electron chi connectivity index (χ2n) is 5.20. The zero-order chi connectivity index (χ0) is 13.7. The van der Waals surface area contributed by atoms with Crippen LogP contribution in [-0.2, 0) is 0 Å². The molecule has 1 fully saturated rings. The van der Waals surface area contributed by atoms with E-state index >= 15 is 0 Å². The van der Waals surface area contributed by atoms with Gasteiger partial charge in [-0.25, -0.2) is 8.78 Å². The first kappa shape index (κ1) is 14.4. The molecule has 1 N–H and O–H groups in total. The first-order chi connectivity index (χ1) is 9.18. The van der Waals surface area contributed by atoms with Gasteiger partial charge in [0.2, 0.25) is 0 Å². The van der Waals surface area contributed by atoms with Crippen molar-refractivity contribution in [3.05, 3.63) is 35.9 Å². The number of likely N-dealkylation sites (tertiary alicyclic amines) is 1. The summed E-state index contributed by atoms with van der Waals surface area (Å²) in [5.74, 6) is 0. The zero-order valence-electron chi connectivity index (χ0n) is 11.4. The topological polar surface area (TPSA) is 15.3 Å². The molecule has 0 aliphatic carbocycles. The molecule has 1 aliphatic rings. The molecule has 0 spiro atoms. The van der Waals surface area contributed by atoms with E-state index in [1.807, 2.05) is 18.2 Å². The summed E-state index contributed by atoms with van der Waals surface area (Å²) in [5.41, 5.74) is 1.21. The van der Waals surface area contributed by atoms with Crippen LogP contribution in [0.1, 0.15) is 31.4 Å². The maximum absolute atomic E-state index is 12.6. The Balaban J connectivity index is 2.02. The van der Waals surface area contributed by atoms with Crippen LogP contribution in [0.4, 0.5) is 8.78 Å². The van der Waals surface area contributed by atoms with Gasteiger partial charge in [0.15, 0.2) is 0 Å². The van der Waals surface area contributed by atoms with Gasteiger partial charge in [-0.15, -0.1) is 0 Å². The molecule has 1 heterocycles. The van der Waals surface area contributed by atoms with E-state index in [1.54, 1.807) is 0 Å². The lowest BCUT2D eigenvalue weighted by Gasteiger charge is -2.29. The van der Waals surface area contributed by atoms with Crippen molar-refractivity contribution in [3.8, 4) is 0 Å². The Bertz CT molecular complexity index is 364. The van der Waals surface area contributed by atoms with Crippen molar-refractivity contribution in [1.29, 1.82) is 0 Å². The lowest BCUT2D eigenvalue weighted by atomic mass is 10.1. The zero-order valence-corrected chi connectivity index (χ0v) is 11.4. The van der Waals surface area contributed by atoms with Crippen LogP contribution in [-0.4, -0.2) is 37.0 Å². The third kappa shape index (κ3) is 3.98. The van der Waals surface area contributed by atoms with Gasteiger partial charge in [0, 0.05) is 12.6 Å². The van der Waals surface area contributed by atoms with Crippen LogP contribution in [0.2, 0.25) is 0 Å². The molecule has 0 amide bonds. The molecule has 19 heavy (non-hydrogen) atoms. The van der Waals surface area contributed by atoms with Crippen LogP contribution in [0.3, 0.4) is 0 Å². The molecule has 0 saturated carbocycles. The van der Waals surface area contributed by atoms with Crippen molar-refractivity contribution in [1.82, 2.24) is 10.2 Å². The minimum absolute atomic E-state index is 0.199. The van der Waals surface area contributed by atoms with Gasteiger partial charge in [-0.1, -0.05) is 30.3 Å². The summed E-state index contributed by atoms with van der Waals surface area (Å²) < 4.78 is 25.2. The van der Waals surface area contributed by atoms with Gasteiger partial charge in [-0.05, 0) is 38.4 Å². The van der Waals surface area contributed by atoms with E-state index in [-0.39, 0.29) is 6.04 Å². The Morgan fingerprint density at radius 1 is 1.16 bits per heavy atom. The van der Waals surface area contributed by atoms with E-state index in [0.29, 0.717) is 6.54 Å². The first-order valence-electron chi connectivity index (χ1n) is 6.99. The molecular weight excluding hydrogens is 246 g/mol. The summed E-state index contributed by atoms with van der Waals surface area (Å²) in [6.45, 7) is 4.24. The fraction of sp³-hybridized carbons (Fsp3) is 0.600. The molecule has 1 aromatic rings. The van der Waals surface area contributed by atoms with Crippen LogP contribution in [0.5, 0.6) is 0 Å². The van der Waals surface area contributed by atoms with E-state index in [4.69, 9.17) is 0 Å². The predicted octanol–water partition coefficient (Wildman–Crippen LogP) is 3.07. The lowest BCUT2D eigenvalue weighted by Crippen LogP contribution is -2.40. The van der Waals surface area contributed by atoms with Gasteiger partial charge in [0.05, 0.1) is 6.04 Å². The average Bonchev–Trinajstić information content (AvgIpc) is 2.94. The summed E-state index contributed by atoms with van der Waals surface area (Å²) in [6.07, 6.45) is 0.0941. The third-order valence-corrected chi connectivity index (χ3v) is 3.78. The number of nitrogens with one attached hydrogen (secondary N) is 1. The molecule has 0 bridgehead atoms. The Kier molecular flexibility index (Phi) is 5.28. The molecule has 106 valence electrons. The van der Waals surface area contributed by atoms with Gasteiger partial charge in [-0.2, -0.15) is 0 Å². The number of hydrogen-bond donors (Lipinski definition) is 1. The minimum Gasteiger partial charge on any atom is -0.307 e. The second kappa shape index (κ2) is 6.96. The molecule has 2 nitrogen and oxygen atoms in total. The predicted molar refractivity (Wildman–Crippen MR) is 73.5 cm³/mol. The summed E-state index contributed by atoms with van der Waals surface area (Å²) in [6, 6.07) is 9.61. The van der Waals surface area contributed by atoms with E-state index in [9.17, 15) is 8.78 Å². The molecule has 2 unspecified atom stereocenters. The molecule has 2 atom stereocenters. The smallest absolute Gasteiger partial charge is 0.253 e. The maximum atomic E-state index is 12.6. The molecule has 1 aliphatic heterocycles. The molecule has 2 rings (SSSR count). The SMILES string of the molecule is CC(NCC(c1ccccc1)N1CCCC1)C(F)F. The van der Waals surface area contributed by atoms with Gasteiger partial charge in [0.25, 0.3) is 6.43 Å². The van der Waals surface area contributed by atoms with Crippen molar-refractivity contribution in [3.63, 3.8) is 0 Å². The van der Waals surface area contributed by atoms with E-state index in [1.165, 1.54) is 25.3 Å². The minimum atomic E-state index is -2.31. The fourth-order valence-electron chi connectivity index (χ4n) is 2.57. The molecule has 0 aromatic heterocycles. The number of nitrogens with zero attached hydrogens (tertiary/aromatic N) is 1. The summed E-state index contributed by atoms with van der Waals surface area (Å²) in [4.78, 5) is 2.39.